The van der Waals surface area contributed by atoms with E-state index in [2.05, 4.69) is 5.32 Å². The van der Waals surface area contributed by atoms with Crippen LogP contribution in [0.2, 0.25) is 0 Å². The molecule has 1 amide bonds. The molecule has 0 aliphatic carbocycles. The first-order valence-electron chi connectivity index (χ1n) is 7.08. The van der Waals surface area contributed by atoms with E-state index in [9.17, 15) is 9.18 Å². The quantitative estimate of drug-likeness (QED) is 0.923. The minimum absolute atomic E-state index is 0.0973. The summed E-state index contributed by atoms with van der Waals surface area (Å²) >= 11 is 0. The van der Waals surface area contributed by atoms with Gasteiger partial charge < -0.3 is 10.1 Å². The second-order valence-electron chi connectivity index (χ2n) is 5.29. The largest absolute Gasteiger partial charge is 0.372 e. The molecule has 0 fully saturated rings. The third-order valence-corrected chi connectivity index (χ3v) is 3.73. The van der Waals surface area contributed by atoms with Gasteiger partial charge in [0.2, 0.25) is 0 Å². The van der Waals surface area contributed by atoms with Crippen molar-refractivity contribution in [3.63, 3.8) is 0 Å². The lowest BCUT2D eigenvalue weighted by atomic mass is 9.95. The number of amides is 1. The zero-order valence-electron chi connectivity index (χ0n) is 13.0. The van der Waals surface area contributed by atoms with Crippen molar-refractivity contribution in [2.75, 3.05) is 13.7 Å². The minimum Gasteiger partial charge on any atom is -0.372 e. The number of carbonyl (C=O) groups is 1. The molecule has 0 saturated carbocycles. The van der Waals surface area contributed by atoms with E-state index in [1.165, 1.54) is 19.2 Å². The Morgan fingerprint density at radius 2 is 2.04 bits per heavy atom. The molecule has 2 rings (SSSR count). The molecule has 0 aliphatic rings. The molecule has 23 heavy (non-hydrogen) atoms. The fourth-order valence-corrected chi connectivity index (χ4v) is 2.25. The average molecular weight is 312 g/mol. The maximum Gasteiger partial charge on any atom is 0.251 e. The summed E-state index contributed by atoms with van der Waals surface area (Å²) in [5.74, 6) is -0.737. The van der Waals surface area contributed by atoms with E-state index in [4.69, 9.17) is 10.00 Å². The Kier molecular flexibility index (Phi) is 5.09. The van der Waals surface area contributed by atoms with Crippen molar-refractivity contribution >= 4 is 5.91 Å². The van der Waals surface area contributed by atoms with Crippen LogP contribution in [-0.2, 0) is 10.3 Å². The lowest BCUT2D eigenvalue weighted by molar-refractivity contribution is 0.000389. The molecule has 2 aromatic rings. The molecule has 1 atom stereocenters. The van der Waals surface area contributed by atoms with Crippen LogP contribution in [-0.4, -0.2) is 19.6 Å². The number of methoxy groups -OCH3 is 1. The minimum atomic E-state index is -0.992. The van der Waals surface area contributed by atoms with E-state index >= 15 is 0 Å². The van der Waals surface area contributed by atoms with Gasteiger partial charge in [-0.25, -0.2) is 4.39 Å². The highest BCUT2D eigenvalue weighted by Crippen LogP contribution is 2.26. The Balaban J connectivity index is 2.15. The molecule has 5 heteroatoms. The van der Waals surface area contributed by atoms with Crippen molar-refractivity contribution in [3.8, 4) is 6.07 Å². The van der Waals surface area contributed by atoms with Gasteiger partial charge in [-0.3, -0.25) is 4.79 Å². The molecule has 0 bridgehead atoms. The van der Waals surface area contributed by atoms with E-state index < -0.39 is 11.4 Å². The Morgan fingerprint density at radius 3 is 2.70 bits per heavy atom. The predicted molar refractivity (Wildman–Crippen MR) is 84.3 cm³/mol. The summed E-state index contributed by atoms with van der Waals surface area (Å²) in [6.07, 6.45) is 0. The van der Waals surface area contributed by atoms with Crippen LogP contribution in [0.4, 0.5) is 4.39 Å². The van der Waals surface area contributed by atoms with Crippen molar-refractivity contribution in [2.24, 2.45) is 0 Å². The summed E-state index contributed by atoms with van der Waals surface area (Å²) in [6, 6.07) is 14.7. The lowest BCUT2D eigenvalue weighted by Crippen LogP contribution is -2.40. The average Bonchev–Trinajstić information content (AvgIpc) is 2.59. The third-order valence-electron chi connectivity index (χ3n) is 3.73. The van der Waals surface area contributed by atoms with Gasteiger partial charge in [0.15, 0.2) is 0 Å². The monoisotopic (exact) mass is 312 g/mol. The van der Waals surface area contributed by atoms with Crippen LogP contribution >= 0.6 is 0 Å². The maximum absolute atomic E-state index is 14.0. The van der Waals surface area contributed by atoms with Crippen molar-refractivity contribution in [1.82, 2.24) is 5.32 Å². The Bertz CT molecular complexity index is 755. The predicted octanol–water partition coefficient (Wildman–Crippen LogP) is 2.99. The lowest BCUT2D eigenvalue weighted by Gasteiger charge is -2.29. The van der Waals surface area contributed by atoms with Gasteiger partial charge in [0.05, 0.1) is 18.2 Å². The zero-order valence-corrected chi connectivity index (χ0v) is 13.0. The number of ether oxygens (including phenoxy) is 1. The summed E-state index contributed by atoms with van der Waals surface area (Å²) in [4.78, 5) is 12.2. The Morgan fingerprint density at radius 1 is 1.30 bits per heavy atom. The van der Waals surface area contributed by atoms with Gasteiger partial charge in [-0.15, -0.1) is 0 Å². The summed E-state index contributed by atoms with van der Waals surface area (Å²) < 4.78 is 19.4. The number of hydrogen-bond acceptors (Lipinski definition) is 3. The smallest absolute Gasteiger partial charge is 0.251 e. The van der Waals surface area contributed by atoms with Crippen LogP contribution < -0.4 is 5.32 Å². The van der Waals surface area contributed by atoms with Gasteiger partial charge in [0, 0.05) is 18.2 Å². The number of nitrogens with zero attached hydrogens (tertiary/aromatic N) is 1. The van der Waals surface area contributed by atoms with Crippen molar-refractivity contribution in [1.29, 1.82) is 5.26 Å². The van der Waals surface area contributed by atoms with E-state index in [0.717, 1.165) is 0 Å². The molecule has 4 nitrogen and oxygen atoms in total. The van der Waals surface area contributed by atoms with E-state index in [1.54, 1.807) is 43.3 Å². The van der Waals surface area contributed by atoms with Crippen LogP contribution in [0.15, 0.2) is 48.5 Å². The highest BCUT2D eigenvalue weighted by atomic mass is 19.1. The topological polar surface area (TPSA) is 62.1 Å². The SMILES string of the molecule is CO[C@@](C)(CNC(=O)c1cccc(C#N)c1)c1ccccc1F. The molecule has 0 spiro atoms. The van der Waals surface area contributed by atoms with Crippen molar-refractivity contribution < 1.29 is 13.9 Å². The first kappa shape index (κ1) is 16.7. The van der Waals surface area contributed by atoms with Gasteiger partial charge in [0.25, 0.3) is 5.91 Å². The zero-order chi connectivity index (χ0) is 16.9. The van der Waals surface area contributed by atoms with Crippen LogP contribution in [0.25, 0.3) is 0 Å². The molecule has 2 aromatic carbocycles. The molecule has 0 unspecified atom stereocenters. The van der Waals surface area contributed by atoms with E-state index in [0.29, 0.717) is 16.7 Å². The number of hydrogen-bond donors (Lipinski definition) is 1. The fraction of sp³-hybridized carbons (Fsp3) is 0.222. The first-order chi connectivity index (χ1) is 11.0. The fourth-order valence-electron chi connectivity index (χ4n) is 2.25. The molecule has 0 saturated heterocycles. The summed E-state index contributed by atoms with van der Waals surface area (Å²) in [5.41, 5.74) is 0.152. The maximum atomic E-state index is 14.0. The van der Waals surface area contributed by atoms with E-state index in [1.807, 2.05) is 6.07 Å². The van der Waals surface area contributed by atoms with Gasteiger partial charge in [0.1, 0.15) is 11.4 Å². The second-order valence-corrected chi connectivity index (χ2v) is 5.29. The summed E-state index contributed by atoms with van der Waals surface area (Å²) in [5, 5.41) is 11.6. The third kappa shape index (κ3) is 3.74. The first-order valence-corrected chi connectivity index (χ1v) is 7.08. The molecular weight excluding hydrogens is 295 g/mol. The molecular formula is C18H17FN2O2. The number of rotatable bonds is 5. The van der Waals surface area contributed by atoms with Crippen LogP contribution in [0.3, 0.4) is 0 Å². The highest BCUT2D eigenvalue weighted by molar-refractivity contribution is 5.94. The number of halogens is 1. The summed E-state index contributed by atoms with van der Waals surface area (Å²) in [6.45, 7) is 1.80. The Labute approximate surface area is 134 Å². The molecule has 0 aromatic heterocycles. The number of nitriles is 1. The van der Waals surface area contributed by atoms with Gasteiger partial charge in [-0.1, -0.05) is 24.3 Å². The number of carbonyl (C=O) groups excluding carboxylic acids is 1. The van der Waals surface area contributed by atoms with Crippen LogP contribution in [0.1, 0.15) is 28.4 Å². The van der Waals surface area contributed by atoms with Crippen molar-refractivity contribution in [3.05, 3.63) is 71.0 Å². The molecule has 0 aliphatic heterocycles. The molecule has 1 N–H and O–H groups in total. The highest BCUT2D eigenvalue weighted by Gasteiger charge is 2.29. The van der Waals surface area contributed by atoms with Crippen molar-refractivity contribution in [2.45, 2.75) is 12.5 Å². The molecule has 118 valence electrons. The number of nitrogens with one attached hydrogen (secondary N) is 1. The normalized spacial score (nSPS) is 13.0. The molecule has 0 radical (unpaired) electrons. The number of benzene rings is 2. The van der Waals surface area contributed by atoms with Gasteiger partial charge in [-0.2, -0.15) is 5.26 Å². The van der Waals surface area contributed by atoms with Gasteiger partial charge >= 0.3 is 0 Å². The second kappa shape index (κ2) is 7.03. The summed E-state index contributed by atoms with van der Waals surface area (Å²) in [7, 11) is 1.47. The van der Waals surface area contributed by atoms with Gasteiger partial charge in [-0.05, 0) is 31.2 Å². The van der Waals surface area contributed by atoms with E-state index in [-0.39, 0.29) is 12.5 Å². The van der Waals surface area contributed by atoms with Crippen LogP contribution in [0, 0.1) is 17.1 Å². The van der Waals surface area contributed by atoms with Crippen LogP contribution in [0.5, 0.6) is 0 Å². The standard InChI is InChI=1S/C18H17FN2O2/c1-18(23-2,15-8-3-4-9-16(15)19)12-21-17(22)14-7-5-6-13(10-14)11-20/h3-10H,12H2,1-2H3,(H,21,22)/t18-/m0/s1. The molecule has 0 heterocycles. The Hall–Kier alpha value is -2.71.